The zero-order valence-corrected chi connectivity index (χ0v) is 14.6. The Hall–Kier alpha value is -2.54. The summed E-state index contributed by atoms with van der Waals surface area (Å²) >= 11 is 0. The largest absolute Gasteiger partial charge is 0.495 e. The Bertz CT molecular complexity index is 847. The lowest BCUT2D eigenvalue weighted by molar-refractivity contribution is -0.114. The van der Waals surface area contributed by atoms with Crippen molar-refractivity contribution in [2.75, 3.05) is 30.5 Å². The molecule has 0 aliphatic carbocycles. The van der Waals surface area contributed by atoms with Crippen molar-refractivity contribution in [3.05, 3.63) is 48.0 Å². The fourth-order valence-corrected chi connectivity index (χ4v) is 2.79. The molecule has 0 aliphatic rings. The average molecular weight is 348 g/mol. The molecule has 0 aliphatic heterocycles. The van der Waals surface area contributed by atoms with Crippen LogP contribution in [0.1, 0.15) is 5.56 Å². The third-order valence-corrected chi connectivity index (χ3v) is 4.57. The summed E-state index contributed by atoms with van der Waals surface area (Å²) in [5.74, 6) is 0.310. The summed E-state index contributed by atoms with van der Waals surface area (Å²) in [6.07, 6.45) is 1.15. The molecule has 0 heterocycles. The van der Waals surface area contributed by atoms with Crippen LogP contribution in [0.4, 0.5) is 11.4 Å². The van der Waals surface area contributed by atoms with Crippen LogP contribution in [0.3, 0.4) is 0 Å². The number of sulfone groups is 1. The topological polar surface area (TPSA) is 84.5 Å². The number of carbonyl (C=O) groups is 1. The number of para-hydroxylation sites is 2. The Morgan fingerprint density at radius 1 is 1.12 bits per heavy atom. The summed E-state index contributed by atoms with van der Waals surface area (Å²) in [6.45, 7) is 1.85. The van der Waals surface area contributed by atoms with Crippen LogP contribution in [0.15, 0.2) is 47.4 Å². The first-order valence-electron chi connectivity index (χ1n) is 7.28. The summed E-state index contributed by atoms with van der Waals surface area (Å²) in [4.78, 5) is 12.3. The van der Waals surface area contributed by atoms with Crippen LogP contribution in [0.25, 0.3) is 0 Å². The minimum atomic E-state index is -3.30. The van der Waals surface area contributed by atoms with Crippen molar-refractivity contribution in [3.63, 3.8) is 0 Å². The van der Waals surface area contributed by atoms with E-state index in [1.807, 2.05) is 13.0 Å². The van der Waals surface area contributed by atoms with Crippen molar-refractivity contribution in [1.29, 1.82) is 0 Å². The molecule has 2 N–H and O–H groups in total. The first kappa shape index (κ1) is 17.8. The zero-order chi connectivity index (χ0) is 17.7. The summed E-state index contributed by atoms with van der Waals surface area (Å²) in [5, 5.41) is 5.72. The maximum Gasteiger partial charge on any atom is 0.243 e. The van der Waals surface area contributed by atoms with E-state index in [-0.39, 0.29) is 17.3 Å². The fourth-order valence-electron chi connectivity index (χ4n) is 2.14. The number of anilines is 2. The van der Waals surface area contributed by atoms with Gasteiger partial charge in [-0.25, -0.2) is 8.42 Å². The number of nitrogens with one attached hydrogen (secondary N) is 2. The Morgan fingerprint density at radius 3 is 2.50 bits per heavy atom. The summed E-state index contributed by atoms with van der Waals surface area (Å²) in [6, 6.07) is 11.9. The van der Waals surface area contributed by atoms with E-state index in [9.17, 15) is 13.2 Å². The van der Waals surface area contributed by atoms with Crippen molar-refractivity contribution in [3.8, 4) is 5.75 Å². The Morgan fingerprint density at radius 2 is 1.83 bits per heavy atom. The highest BCUT2D eigenvalue weighted by atomic mass is 32.2. The van der Waals surface area contributed by atoms with E-state index in [2.05, 4.69) is 10.6 Å². The van der Waals surface area contributed by atoms with Gasteiger partial charge < -0.3 is 15.4 Å². The highest BCUT2D eigenvalue weighted by molar-refractivity contribution is 7.90. The number of ether oxygens (including phenoxy) is 1. The predicted octanol–water partition coefficient (Wildman–Crippen LogP) is 2.46. The van der Waals surface area contributed by atoms with E-state index in [0.29, 0.717) is 17.1 Å². The van der Waals surface area contributed by atoms with Gasteiger partial charge in [0.25, 0.3) is 0 Å². The molecular formula is C17H20N2O4S. The molecule has 2 rings (SSSR count). The normalized spacial score (nSPS) is 11.0. The molecule has 6 nitrogen and oxygen atoms in total. The third-order valence-electron chi connectivity index (χ3n) is 3.46. The molecule has 128 valence electrons. The first-order valence-corrected chi connectivity index (χ1v) is 9.18. The van der Waals surface area contributed by atoms with Gasteiger partial charge in [0.05, 0.1) is 24.2 Å². The summed E-state index contributed by atoms with van der Waals surface area (Å²) in [5.41, 5.74) is 2.04. The standard InChI is InChI=1S/C17H20N2O4S/c1-12-8-9-13(24(3,21)22)10-15(12)18-11-17(20)19-14-6-4-5-7-16(14)23-2/h4-10,18H,11H2,1-3H3,(H,19,20). The second-order valence-electron chi connectivity index (χ2n) is 5.35. The molecule has 2 aromatic rings. The maximum absolute atomic E-state index is 12.1. The van der Waals surface area contributed by atoms with Gasteiger partial charge in [0.1, 0.15) is 5.75 Å². The predicted molar refractivity (Wildman–Crippen MR) is 94.4 cm³/mol. The number of rotatable bonds is 6. The van der Waals surface area contributed by atoms with Crippen molar-refractivity contribution < 1.29 is 17.9 Å². The fraction of sp³-hybridized carbons (Fsp3) is 0.235. The molecule has 0 saturated heterocycles. The number of benzene rings is 2. The smallest absolute Gasteiger partial charge is 0.243 e. The first-order chi connectivity index (χ1) is 11.3. The number of methoxy groups -OCH3 is 1. The minimum absolute atomic E-state index is 0.00606. The zero-order valence-electron chi connectivity index (χ0n) is 13.8. The van der Waals surface area contributed by atoms with Gasteiger partial charge in [-0.3, -0.25) is 4.79 Å². The van der Waals surface area contributed by atoms with Crippen molar-refractivity contribution in [1.82, 2.24) is 0 Å². The van der Waals surface area contributed by atoms with Crippen LogP contribution < -0.4 is 15.4 Å². The average Bonchev–Trinajstić information content (AvgIpc) is 2.53. The lowest BCUT2D eigenvalue weighted by atomic mass is 10.2. The van der Waals surface area contributed by atoms with Gasteiger partial charge in [-0.15, -0.1) is 0 Å². The molecule has 0 bridgehead atoms. The number of hydrogen-bond acceptors (Lipinski definition) is 5. The number of aryl methyl sites for hydroxylation is 1. The van der Waals surface area contributed by atoms with E-state index in [4.69, 9.17) is 4.74 Å². The molecule has 7 heteroatoms. The van der Waals surface area contributed by atoms with Crippen LogP contribution in [0.2, 0.25) is 0 Å². The molecule has 0 radical (unpaired) electrons. The Labute approximate surface area is 141 Å². The van der Waals surface area contributed by atoms with Gasteiger partial charge in [-0.1, -0.05) is 18.2 Å². The highest BCUT2D eigenvalue weighted by Gasteiger charge is 2.11. The van der Waals surface area contributed by atoms with Gasteiger partial charge in [0, 0.05) is 11.9 Å². The lowest BCUT2D eigenvalue weighted by Gasteiger charge is -2.13. The number of hydrogen-bond donors (Lipinski definition) is 2. The molecular weight excluding hydrogens is 328 g/mol. The van der Waals surface area contributed by atoms with E-state index in [1.54, 1.807) is 30.3 Å². The monoisotopic (exact) mass is 348 g/mol. The van der Waals surface area contributed by atoms with E-state index in [0.717, 1.165) is 11.8 Å². The molecule has 1 amide bonds. The van der Waals surface area contributed by atoms with E-state index < -0.39 is 9.84 Å². The Kier molecular flexibility index (Phi) is 5.46. The molecule has 0 spiro atoms. The third kappa shape index (κ3) is 4.48. The van der Waals surface area contributed by atoms with Crippen molar-refractivity contribution >= 4 is 27.1 Å². The van der Waals surface area contributed by atoms with Crippen LogP contribution in [-0.4, -0.2) is 34.2 Å². The second-order valence-corrected chi connectivity index (χ2v) is 7.37. The molecule has 24 heavy (non-hydrogen) atoms. The van der Waals surface area contributed by atoms with E-state index in [1.165, 1.54) is 13.2 Å². The van der Waals surface area contributed by atoms with Crippen LogP contribution in [-0.2, 0) is 14.6 Å². The number of amides is 1. The van der Waals surface area contributed by atoms with Gasteiger partial charge in [0.15, 0.2) is 9.84 Å². The molecule has 0 atom stereocenters. The SMILES string of the molecule is COc1ccccc1NC(=O)CNc1cc(S(C)(=O)=O)ccc1C. The summed E-state index contributed by atoms with van der Waals surface area (Å²) < 4.78 is 28.4. The van der Waals surface area contributed by atoms with Crippen molar-refractivity contribution in [2.24, 2.45) is 0 Å². The molecule has 0 unspecified atom stereocenters. The van der Waals surface area contributed by atoms with Crippen LogP contribution in [0.5, 0.6) is 5.75 Å². The minimum Gasteiger partial charge on any atom is -0.495 e. The van der Waals surface area contributed by atoms with E-state index >= 15 is 0 Å². The lowest BCUT2D eigenvalue weighted by Crippen LogP contribution is -2.22. The van der Waals surface area contributed by atoms with Crippen molar-refractivity contribution in [2.45, 2.75) is 11.8 Å². The number of carbonyl (C=O) groups excluding carboxylic acids is 1. The van der Waals surface area contributed by atoms with Gasteiger partial charge in [0.2, 0.25) is 5.91 Å². The van der Waals surface area contributed by atoms with Crippen LogP contribution in [0, 0.1) is 6.92 Å². The second kappa shape index (κ2) is 7.35. The van der Waals surface area contributed by atoms with Gasteiger partial charge in [-0.05, 0) is 36.8 Å². The highest BCUT2D eigenvalue weighted by Crippen LogP contribution is 2.23. The van der Waals surface area contributed by atoms with Gasteiger partial charge >= 0.3 is 0 Å². The quantitative estimate of drug-likeness (QED) is 0.838. The molecule has 0 fully saturated rings. The summed E-state index contributed by atoms with van der Waals surface area (Å²) in [7, 11) is -1.76. The maximum atomic E-state index is 12.1. The Balaban J connectivity index is 2.07. The molecule has 0 aromatic heterocycles. The van der Waals surface area contributed by atoms with Gasteiger partial charge in [-0.2, -0.15) is 0 Å². The molecule has 2 aromatic carbocycles. The molecule has 0 saturated carbocycles. The van der Waals surface area contributed by atoms with Crippen LogP contribution >= 0.6 is 0 Å².